The van der Waals surface area contributed by atoms with E-state index in [4.69, 9.17) is 0 Å². The molecule has 0 aromatic carbocycles. The van der Waals surface area contributed by atoms with Gasteiger partial charge in [0.05, 0.1) is 9.88 Å². The number of hydrogen-bond acceptors (Lipinski definition) is 6. The van der Waals surface area contributed by atoms with Gasteiger partial charge < -0.3 is 5.32 Å². The third-order valence-corrected chi connectivity index (χ3v) is 4.31. The fraction of sp³-hybridized carbons (Fsp3) is 0.545. The van der Waals surface area contributed by atoms with Gasteiger partial charge in [0.25, 0.3) is 0 Å². The van der Waals surface area contributed by atoms with E-state index in [1.54, 1.807) is 22.7 Å². The number of hydrogen-bond donors (Lipinski definition) is 1. The molecule has 6 heteroatoms. The van der Waals surface area contributed by atoms with Crippen molar-refractivity contribution in [3.8, 4) is 9.88 Å². The lowest BCUT2D eigenvalue weighted by molar-refractivity contribution is 0.668. The minimum absolute atomic E-state index is 0.954. The second kappa shape index (κ2) is 6.18. The summed E-state index contributed by atoms with van der Waals surface area (Å²) >= 11 is 3.33. The summed E-state index contributed by atoms with van der Waals surface area (Å²) < 4.78 is 0. The van der Waals surface area contributed by atoms with Crippen LogP contribution in [0, 0.1) is 6.92 Å². The van der Waals surface area contributed by atoms with Crippen molar-refractivity contribution >= 4 is 22.7 Å². The summed E-state index contributed by atoms with van der Waals surface area (Å²) in [5.41, 5.74) is 0. The third kappa shape index (κ3) is 3.55. The van der Waals surface area contributed by atoms with E-state index in [1.165, 1.54) is 6.42 Å². The molecule has 0 saturated carbocycles. The maximum Gasteiger partial charge on any atom is 0.159 e. The molecule has 0 aliphatic rings. The Morgan fingerprint density at radius 3 is 2.82 bits per heavy atom. The largest absolute Gasteiger partial charge is 0.316 e. The quantitative estimate of drug-likeness (QED) is 0.818. The molecule has 0 unspecified atom stereocenters. The molecular formula is C11H16N4S2. The predicted molar refractivity (Wildman–Crippen MR) is 72.6 cm³/mol. The van der Waals surface area contributed by atoms with Gasteiger partial charge >= 0.3 is 0 Å². The third-order valence-electron chi connectivity index (χ3n) is 2.24. The number of aryl methyl sites for hydroxylation is 1. The second-order valence-corrected chi connectivity index (χ2v) is 6.04. The van der Waals surface area contributed by atoms with E-state index in [9.17, 15) is 0 Å². The van der Waals surface area contributed by atoms with Crippen LogP contribution in [0.4, 0.5) is 0 Å². The van der Waals surface area contributed by atoms with Crippen LogP contribution in [0.3, 0.4) is 0 Å². The number of aromatic nitrogens is 3. The summed E-state index contributed by atoms with van der Waals surface area (Å²) in [4.78, 5) is 5.35. The molecule has 0 bridgehead atoms. The Morgan fingerprint density at radius 2 is 2.12 bits per heavy atom. The maximum atomic E-state index is 4.23. The summed E-state index contributed by atoms with van der Waals surface area (Å²) in [7, 11) is 0. The molecule has 0 fully saturated rings. The number of thiazole rings is 1. The summed E-state index contributed by atoms with van der Waals surface area (Å²) in [6.45, 7) is 6.22. The monoisotopic (exact) mass is 268 g/mol. The molecule has 2 aromatic heterocycles. The molecule has 0 aliphatic carbocycles. The van der Waals surface area contributed by atoms with E-state index in [1.807, 2.05) is 13.1 Å². The van der Waals surface area contributed by atoms with Crippen LogP contribution in [0.2, 0.25) is 0 Å². The number of rotatable bonds is 6. The van der Waals surface area contributed by atoms with Crippen LogP contribution in [-0.4, -0.2) is 28.3 Å². The Balaban J connectivity index is 1.92. The molecule has 2 rings (SSSR count). The molecular weight excluding hydrogens is 252 g/mol. The molecule has 0 spiro atoms. The first kappa shape index (κ1) is 12.6. The fourth-order valence-electron chi connectivity index (χ4n) is 1.41. The standard InChI is InChI=1S/C11H16N4S2/c1-3-5-12-6-4-10-14-15-11(17-10)9-7-13-8(2)16-9/h7,12H,3-6H2,1-2H3. The van der Waals surface area contributed by atoms with Gasteiger partial charge in [-0.25, -0.2) is 4.98 Å². The van der Waals surface area contributed by atoms with Gasteiger partial charge in [-0.1, -0.05) is 18.3 Å². The average Bonchev–Trinajstić information content (AvgIpc) is 2.93. The van der Waals surface area contributed by atoms with Crippen molar-refractivity contribution in [3.63, 3.8) is 0 Å². The average molecular weight is 268 g/mol. The molecule has 1 N–H and O–H groups in total. The van der Waals surface area contributed by atoms with E-state index >= 15 is 0 Å². The van der Waals surface area contributed by atoms with E-state index < -0.39 is 0 Å². The molecule has 0 amide bonds. The van der Waals surface area contributed by atoms with Crippen molar-refractivity contribution in [1.29, 1.82) is 0 Å². The highest BCUT2D eigenvalue weighted by Gasteiger charge is 2.08. The van der Waals surface area contributed by atoms with Crippen molar-refractivity contribution in [1.82, 2.24) is 20.5 Å². The molecule has 17 heavy (non-hydrogen) atoms. The van der Waals surface area contributed by atoms with E-state index in [0.717, 1.165) is 39.4 Å². The second-order valence-electron chi connectivity index (χ2n) is 3.74. The fourth-order valence-corrected chi connectivity index (χ4v) is 3.06. The smallest absolute Gasteiger partial charge is 0.159 e. The molecule has 0 radical (unpaired) electrons. The van der Waals surface area contributed by atoms with E-state index in [-0.39, 0.29) is 0 Å². The van der Waals surface area contributed by atoms with Crippen LogP contribution in [0.15, 0.2) is 6.20 Å². The number of nitrogens with one attached hydrogen (secondary N) is 1. The zero-order valence-corrected chi connectivity index (χ0v) is 11.7. The zero-order chi connectivity index (χ0) is 12.1. The predicted octanol–water partition coefficient (Wildman–Crippen LogP) is 2.51. The molecule has 0 aliphatic heterocycles. The van der Waals surface area contributed by atoms with Gasteiger partial charge in [0.15, 0.2) is 5.01 Å². The van der Waals surface area contributed by atoms with E-state index in [0.29, 0.717) is 0 Å². The van der Waals surface area contributed by atoms with Crippen LogP contribution in [0.1, 0.15) is 23.4 Å². The van der Waals surface area contributed by atoms with Crippen LogP contribution >= 0.6 is 22.7 Å². The zero-order valence-electron chi connectivity index (χ0n) is 10.1. The van der Waals surface area contributed by atoms with Crippen molar-refractivity contribution in [2.24, 2.45) is 0 Å². The van der Waals surface area contributed by atoms with Crippen molar-refractivity contribution in [2.45, 2.75) is 26.7 Å². The lowest BCUT2D eigenvalue weighted by atomic mass is 10.4. The minimum Gasteiger partial charge on any atom is -0.316 e. The molecule has 0 atom stereocenters. The first-order chi connectivity index (χ1) is 8.29. The lowest BCUT2D eigenvalue weighted by Crippen LogP contribution is -2.17. The first-order valence-corrected chi connectivity index (χ1v) is 7.38. The Bertz CT molecular complexity index is 463. The first-order valence-electron chi connectivity index (χ1n) is 5.75. The summed E-state index contributed by atoms with van der Waals surface area (Å²) in [5.74, 6) is 0. The lowest BCUT2D eigenvalue weighted by Gasteiger charge is -1.98. The topological polar surface area (TPSA) is 50.7 Å². The SMILES string of the molecule is CCCNCCc1nnc(-c2cnc(C)s2)s1. The van der Waals surface area contributed by atoms with Crippen LogP contribution < -0.4 is 5.32 Å². The van der Waals surface area contributed by atoms with Crippen LogP contribution in [-0.2, 0) is 6.42 Å². The van der Waals surface area contributed by atoms with Gasteiger partial charge in [0, 0.05) is 19.2 Å². The van der Waals surface area contributed by atoms with Crippen molar-refractivity contribution in [2.75, 3.05) is 13.1 Å². The van der Waals surface area contributed by atoms with Gasteiger partial charge in [0.2, 0.25) is 0 Å². The summed E-state index contributed by atoms with van der Waals surface area (Å²) in [6, 6.07) is 0. The van der Waals surface area contributed by atoms with Crippen molar-refractivity contribution in [3.05, 3.63) is 16.2 Å². The Morgan fingerprint density at radius 1 is 1.24 bits per heavy atom. The molecule has 2 heterocycles. The Kier molecular flexibility index (Phi) is 4.58. The van der Waals surface area contributed by atoms with Gasteiger partial charge in [-0.05, 0) is 19.9 Å². The van der Waals surface area contributed by atoms with Crippen LogP contribution in [0.25, 0.3) is 9.88 Å². The molecule has 92 valence electrons. The Labute approximate surface area is 109 Å². The van der Waals surface area contributed by atoms with Gasteiger partial charge in [0.1, 0.15) is 5.01 Å². The van der Waals surface area contributed by atoms with Gasteiger partial charge in [-0.2, -0.15) is 0 Å². The molecule has 0 saturated heterocycles. The highest BCUT2D eigenvalue weighted by atomic mass is 32.1. The normalized spacial score (nSPS) is 10.9. The van der Waals surface area contributed by atoms with Crippen molar-refractivity contribution < 1.29 is 0 Å². The summed E-state index contributed by atoms with van der Waals surface area (Å²) in [5, 5.41) is 14.9. The van der Waals surface area contributed by atoms with Gasteiger partial charge in [-0.15, -0.1) is 21.5 Å². The Hall–Kier alpha value is -0.850. The molecule has 4 nitrogen and oxygen atoms in total. The highest BCUT2D eigenvalue weighted by Crippen LogP contribution is 2.28. The minimum atomic E-state index is 0.954. The maximum absolute atomic E-state index is 4.23. The molecule has 2 aromatic rings. The van der Waals surface area contributed by atoms with E-state index in [2.05, 4.69) is 27.4 Å². The number of nitrogens with zero attached hydrogens (tertiary/aromatic N) is 3. The van der Waals surface area contributed by atoms with Gasteiger partial charge in [-0.3, -0.25) is 0 Å². The summed E-state index contributed by atoms with van der Waals surface area (Å²) in [6.07, 6.45) is 4.00. The highest BCUT2D eigenvalue weighted by molar-refractivity contribution is 7.21. The van der Waals surface area contributed by atoms with Crippen LogP contribution in [0.5, 0.6) is 0 Å².